The maximum atomic E-state index is 11.3. The molecule has 4 nitrogen and oxygen atoms in total. The second kappa shape index (κ2) is 9.04. The number of benzene rings is 1. The highest BCUT2D eigenvalue weighted by molar-refractivity contribution is 7.99. The molecule has 0 aromatic heterocycles. The summed E-state index contributed by atoms with van der Waals surface area (Å²) in [5, 5.41) is 0. The Morgan fingerprint density at radius 1 is 1.29 bits per heavy atom. The number of hydrogen-bond donors (Lipinski definition) is 1. The smallest absolute Gasteiger partial charge is 0.244 e. The molecule has 0 saturated heterocycles. The number of carbonyl (C=O) groups is 1. The average molecular weight is 255 g/mol. The summed E-state index contributed by atoms with van der Waals surface area (Å²) in [7, 11) is 1.59. The van der Waals surface area contributed by atoms with Crippen LogP contribution in [0.3, 0.4) is 0 Å². The van der Waals surface area contributed by atoms with Crippen molar-refractivity contribution in [2.75, 3.05) is 26.1 Å². The maximum Gasteiger partial charge on any atom is 0.244 e. The van der Waals surface area contributed by atoms with Crippen LogP contribution in [0, 0.1) is 0 Å². The van der Waals surface area contributed by atoms with Crippen molar-refractivity contribution in [3.8, 4) is 0 Å². The van der Waals surface area contributed by atoms with Gasteiger partial charge in [0.25, 0.3) is 0 Å². The van der Waals surface area contributed by atoms with Gasteiger partial charge in [0.1, 0.15) is 0 Å². The molecule has 17 heavy (non-hydrogen) atoms. The van der Waals surface area contributed by atoms with E-state index in [2.05, 4.69) is 5.48 Å². The predicted molar refractivity (Wildman–Crippen MR) is 67.8 cm³/mol. The number of hydrogen-bond acceptors (Lipinski definition) is 4. The van der Waals surface area contributed by atoms with Gasteiger partial charge in [0, 0.05) is 24.2 Å². The molecule has 0 unspecified atom stereocenters. The van der Waals surface area contributed by atoms with E-state index >= 15 is 0 Å². The molecule has 0 aliphatic heterocycles. The van der Waals surface area contributed by atoms with Crippen LogP contribution < -0.4 is 5.48 Å². The van der Waals surface area contributed by atoms with E-state index in [1.165, 1.54) is 4.90 Å². The molecule has 0 atom stereocenters. The zero-order chi connectivity index (χ0) is 12.3. The number of nitrogens with one attached hydrogen (secondary N) is 1. The highest BCUT2D eigenvalue weighted by atomic mass is 32.2. The number of methoxy groups -OCH3 is 1. The van der Waals surface area contributed by atoms with E-state index in [-0.39, 0.29) is 5.91 Å². The number of ether oxygens (including phenoxy) is 1. The first kappa shape index (κ1) is 14.0. The molecule has 1 N–H and O–H groups in total. The van der Waals surface area contributed by atoms with E-state index in [1.807, 2.05) is 30.3 Å². The zero-order valence-electron chi connectivity index (χ0n) is 9.85. The third-order valence-electron chi connectivity index (χ3n) is 1.92. The minimum Gasteiger partial charge on any atom is -0.382 e. The van der Waals surface area contributed by atoms with Crippen LogP contribution in [-0.2, 0) is 14.4 Å². The Hall–Kier alpha value is -1.04. The Morgan fingerprint density at radius 2 is 2.06 bits per heavy atom. The van der Waals surface area contributed by atoms with Crippen molar-refractivity contribution in [1.29, 1.82) is 0 Å². The maximum absolute atomic E-state index is 11.3. The van der Waals surface area contributed by atoms with Crippen molar-refractivity contribution >= 4 is 17.7 Å². The molecule has 0 aliphatic carbocycles. The second-order valence-electron chi connectivity index (χ2n) is 3.28. The summed E-state index contributed by atoms with van der Waals surface area (Å²) in [6.45, 7) is 0.840. The second-order valence-corrected chi connectivity index (χ2v) is 4.45. The molecule has 94 valence electrons. The van der Waals surface area contributed by atoms with Crippen molar-refractivity contribution in [2.45, 2.75) is 11.3 Å². The van der Waals surface area contributed by atoms with Gasteiger partial charge < -0.3 is 4.74 Å². The third-order valence-corrected chi connectivity index (χ3v) is 2.93. The van der Waals surface area contributed by atoms with E-state index in [1.54, 1.807) is 18.9 Å². The van der Waals surface area contributed by atoms with E-state index in [9.17, 15) is 4.79 Å². The van der Waals surface area contributed by atoms with Crippen molar-refractivity contribution < 1.29 is 14.4 Å². The van der Waals surface area contributed by atoms with Gasteiger partial charge in [-0.3, -0.25) is 9.63 Å². The van der Waals surface area contributed by atoms with Crippen LogP contribution in [0.2, 0.25) is 0 Å². The van der Waals surface area contributed by atoms with Gasteiger partial charge in [-0.1, -0.05) is 18.2 Å². The largest absolute Gasteiger partial charge is 0.382 e. The molecule has 0 fully saturated rings. The molecular weight excluding hydrogens is 238 g/mol. The fraction of sp³-hybridized carbons (Fsp3) is 0.417. The van der Waals surface area contributed by atoms with Crippen LogP contribution >= 0.6 is 11.8 Å². The van der Waals surface area contributed by atoms with Gasteiger partial charge in [0.05, 0.1) is 13.2 Å². The van der Waals surface area contributed by atoms with Crippen LogP contribution in [0.25, 0.3) is 0 Å². The molecule has 1 rings (SSSR count). The zero-order valence-corrected chi connectivity index (χ0v) is 10.7. The fourth-order valence-electron chi connectivity index (χ4n) is 1.09. The molecule has 1 aromatic rings. The Labute approximate surface area is 106 Å². The number of carbonyl (C=O) groups excluding carboxylic acids is 1. The van der Waals surface area contributed by atoms with Crippen molar-refractivity contribution in [2.24, 2.45) is 0 Å². The Kier molecular flexibility index (Phi) is 7.46. The van der Waals surface area contributed by atoms with E-state index in [0.717, 1.165) is 5.75 Å². The van der Waals surface area contributed by atoms with E-state index < -0.39 is 0 Å². The molecule has 5 heteroatoms. The van der Waals surface area contributed by atoms with Gasteiger partial charge in [-0.15, -0.1) is 11.8 Å². The SMILES string of the molecule is COCCONC(=O)CCSc1ccccc1. The topological polar surface area (TPSA) is 47.6 Å². The molecule has 0 bridgehead atoms. The Balaban J connectivity index is 2.04. The average Bonchev–Trinajstić information content (AvgIpc) is 2.36. The van der Waals surface area contributed by atoms with Gasteiger partial charge in [-0.05, 0) is 12.1 Å². The number of rotatable bonds is 8. The van der Waals surface area contributed by atoms with Crippen LogP contribution in [0.1, 0.15) is 6.42 Å². The Bertz CT molecular complexity index is 319. The molecule has 1 amide bonds. The molecule has 0 radical (unpaired) electrons. The minimum atomic E-state index is -0.107. The quantitative estimate of drug-likeness (QED) is 0.437. The summed E-state index contributed by atoms with van der Waals surface area (Å²) < 4.78 is 4.78. The lowest BCUT2D eigenvalue weighted by Crippen LogP contribution is -2.25. The van der Waals surface area contributed by atoms with E-state index in [0.29, 0.717) is 19.6 Å². The molecule has 0 saturated carbocycles. The van der Waals surface area contributed by atoms with Crippen LogP contribution in [0.4, 0.5) is 0 Å². The number of amides is 1. The monoisotopic (exact) mass is 255 g/mol. The van der Waals surface area contributed by atoms with Gasteiger partial charge in [0.2, 0.25) is 5.91 Å². The standard InChI is InChI=1S/C12H17NO3S/c1-15-8-9-16-13-12(14)7-10-17-11-5-3-2-4-6-11/h2-6H,7-10H2,1H3,(H,13,14). The van der Waals surface area contributed by atoms with Crippen LogP contribution in [0.5, 0.6) is 0 Å². The van der Waals surface area contributed by atoms with Crippen LogP contribution in [-0.4, -0.2) is 32.0 Å². The van der Waals surface area contributed by atoms with Gasteiger partial charge in [-0.25, -0.2) is 5.48 Å². The number of hydroxylamine groups is 1. The highest BCUT2D eigenvalue weighted by Gasteiger charge is 2.01. The van der Waals surface area contributed by atoms with Crippen molar-refractivity contribution in [1.82, 2.24) is 5.48 Å². The fourth-order valence-corrected chi connectivity index (χ4v) is 1.96. The first-order chi connectivity index (χ1) is 8.33. The minimum absolute atomic E-state index is 0.107. The number of thioether (sulfide) groups is 1. The van der Waals surface area contributed by atoms with Gasteiger partial charge in [0.15, 0.2) is 0 Å². The lowest BCUT2D eigenvalue weighted by atomic mass is 10.4. The highest BCUT2D eigenvalue weighted by Crippen LogP contribution is 2.17. The lowest BCUT2D eigenvalue weighted by molar-refractivity contribution is -0.134. The van der Waals surface area contributed by atoms with E-state index in [4.69, 9.17) is 9.57 Å². The molecule has 0 spiro atoms. The van der Waals surface area contributed by atoms with Crippen molar-refractivity contribution in [3.63, 3.8) is 0 Å². The van der Waals surface area contributed by atoms with Gasteiger partial charge in [-0.2, -0.15) is 0 Å². The third kappa shape index (κ3) is 6.99. The summed E-state index contributed by atoms with van der Waals surface area (Å²) in [6.07, 6.45) is 0.437. The first-order valence-corrected chi connectivity index (χ1v) is 6.39. The summed E-state index contributed by atoms with van der Waals surface area (Å²) in [5.74, 6) is 0.633. The predicted octanol–water partition coefficient (Wildman–Crippen LogP) is 1.86. The molecular formula is C12H17NO3S. The van der Waals surface area contributed by atoms with Crippen molar-refractivity contribution in [3.05, 3.63) is 30.3 Å². The normalized spacial score (nSPS) is 10.2. The molecule has 0 heterocycles. The van der Waals surface area contributed by atoms with Gasteiger partial charge >= 0.3 is 0 Å². The van der Waals surface area contributed by atoms with Crippen LogP contribution in [0.15, 0.2) is 35.2 Å². The molecule has 1 aromatic carbocycles. The summed E-state index contributed by atoms with van der Waals surface area (Å²) in [6, 6.07) is 9.99. The first-order valence-electron chi connectivity index (χ1n) is 5.40. The molecule has 0 aliphatic rings. The summed E-state index contributed by atoms with van der Waals surface area (Å²) in [5.41, 5.74) is 2.37. The summed E-state index contributed by atoms with van der Waals surface area (Å²) in [4.78, 5) is 17.4. The Morgan fingerprint density at radius 3 is 2.76 bits per heavy atom. The lowest BCUT2D eigenvalue weighted by Gasteiger charge is -2.05. The summed E-state index contributed by atoms with van der Waals surface area (Å²) >= 11 is 1.65.